The zero-order chi connectivity index (χ0) is 10.8. The summed E-state index contributed by atoms with van der Waals surface area (Å²) in [5, 5.41) is 0. The van der Waals surface area contributed by atoms with Gasteiger partial charge in [0.15, 0.2) is 11.6 Å². The molecule has 1 amide bonds. The average molecular weight is 226 g/mol. The van der Waals surface area contributed by atoms with Gasteiger partial charge in [0.25, 0.3) is 5.91 Å². The third-order valence-electron chi connectivity index (χ3n) is 2.40. The Labute approximate surface area is 93.0 Å². The third kappa shape index (κ3) is 2.17. The van der Waals surface area contributed by atoms with Gasteiger partial charge in [0.05, 0.1) is 0 Å². The Hall–Kier alpha value is -0.970. The first-order valence-electron chi connectivity index (χ1n) is 4.99. The molecule has 1 aromatic rings. The van der Waals surface area contributed by atoms with Crippen molar-refractivity contribution < 1.29 is 9.21 Å². The van der Waals surface area contributed by atoms with Crippen molar-refractivity contribution in [2.24, 2.45) is 0 Å². The van der Waals surface area contributed by atoms with Gasteiger partial charge in [-0.25, -0.2) is 4.98 Å². The molecule has 15 heavy (non-hydrogen) atoms. The summed E-state index contributed by atoms with van der Waals surface area (Å²) in [4.78, 5) is 18.0. The first-order chi connectivity index (χ1) is 7.18. The lowest BCUT2D eigenvalue weighted by Gasteiger charge is -2.25. The SMILES string of the molecule is Cc1nc(C(=O)N2CCSCC2)c(C)o1. The number of carbonyl (C=O) groups excluding carboxylic acids is 1. The minimum Gasteiger partial charge on any atom is -0.445 e. The molecule has 1 aromatic heterocycles. The van der Waals surface area contributed by atoms with Crippen molar-refractivity contribution in [3.05, 3.63) is 17.3 Å². The highest BCUT2D eigenvalue weighted by molar-refractivity contribution is 7.99. The van der Waals surface area contributed by atoms with Crippen LogP contribution in [0.4, 0.5) is 0 Å². The van der Waals surface area contributed by atoms with Crippen LogP contribution in [0, 0.1) is 13.8 Å². The number of nitrogens with zero attached hydrogens (tertiary/aromatic N) is 2. The van der Waals surface area contributed by atoms with Crippen molar-refractivity contribution in [1.82, 2.24) is 9.88 Å². The molecule has 0 spiro atoms. The fourth-order valence-corrected chi connectivity index (χ4v) is 2.55. The van der Waals surface area contributed by atoms with E-state index < -0.39 is 0 Å². The fourth-order valence-electron chi connectivity index (χ4n) is 1.64. The van der Waals surface area contributed by atoms with E-state index in [1.807, 2.05) is 16.7 Å². The van der Waals surface area contributed by atoms with Gasteiger partial charge >= 0.3 is 0 Å². The molecule has 1 fully saturated rings. The monoisotopic (exact) mass is 226 g/mol. The standard InChI is InChI=1S/C10H14N2O2S/c1-7-9(11-8(2)14-7)10(13)12-3-5-15-6-4-12/h3-6H2,1-2H3. The number of oxazole rings is 1. The van der Waals surface area contributed by atoms with Crippen molar-refractivity contribution in [3.8, 4) is 0 Å². The molecule has 1 aliphatic heterocycles. The number of amides is 1. The van der Waals surface area contributed by atoms with Crippen LogP contribution in [0.3, 0.4) is 0 Å². The topological polar surface area (TPSA) is 46.3 Å². The number of thioether (sulfide) groups is 1. The molecule has 0 aromatic carbocycles. The maximum absolute atomic E-state index is 12.0. The highest BCUT2D eigenvalue weighted by Crippen LogP contribution is 2.15. The zero-order valence-corrected chi connectivity index (χ0v) is 9.76. The quantitative estimate of drug-likeness (QED) is 0.727. The van der Waals surface area contributed by atoms with Crippen LogP contribution >= 0.6 is 11.8 Å². The van der Waals surface area contributed by atoms with Gasteiger partial charge in [-0.05, 0) is 6.92 Å². The maximum Gasteiger partial charge on any atom is 0.276 e. The molecule has 1 saturated heterocycles. The van der Waals surface area contributed by atoms with E-state index in [1.165, 1.54) is 0 Å². The molecule has 0 N–H and O–H groups in total. The molecule has 2 heterocycles. The molecular formula is C10H14N2O2S. The van der Waals surface area contributed by atoms with Gasteiger partial charge in [0.1, 0.15) is 5.76 Å². The summed E-state index contributed by atoms with van der Waals surface area (Å²) >= 11 is 1.88. The number of aromatic nitrogens is 1. The van der Waals surface area contributed by atoms with Crippen molar-refractivity contribution in [2.75, 3.05) is 24.6 Å². The van der Waals surface area contributed by atoms with Gasteiger partial charge in [-0.15, -0.1) is 0 Å². The maximum atomic E-state index is 12.0. The summed E-state index contributed by atoms with van der Waals surface area (Å²) in [6.45, 7) is 5.17. The minimum atomic E-state index is 0.00431. The number of aryl methyl sites for hydroxylation is 2. The highest BCUT2D eigenvalue weighted by Gasteiger charge is 2.23. The number of carbonyl (C=O) groups is 1. The van der Waals surface area contributed by atoms with E-state index in [2.05, 4.69) is 4.98 Å². The Bertz CT molecular complexity index is 369. The lowest BCUT2D eigenvalue weighted by atomic mass is 10.3. The van der Waals surface area contributed by atoms with Crippen LogP contribution in [0.15, 0.2) is 4.42 Å². The van der Waals surface area contributed by atoms with Gasteiger partial charge in [-0.2, -0.15) is 11.8 Å². The zero-order valence-electron chi connectivity index (χ0n) is 8.95. The van der Waals surface area contributed by atoms with Crippen LogP contribution in [-0.2, 0) is 0 Å². The van der Waals surface area contributed by atoms with Crippen molar-refractivity contribution >= 4 is 17.7 Å². The second-order valence-corrected chi connectivity index (χ2v) is 4.77. The molecule has 0 unspecified atom stereocenters. The molecule has 0 radical (unpaired) electrons. The van der Waals surface area contributed by atoms with Crippen LogP contribution in [0.2, 0.25) is 0 Å². The Morgan fingerprint density at radius 1 is 1.40 bits per heavy atom. The van der Waals surface area contributed by atoms with Gasteiger partial charge in [0, 0.05) is 31.5 Å². The van der Waals surface area contributed by atoms with Crippen LogP contribution in [0.5, 0.6) is 0 Å². The van der Waals surface area contributed by atoms with Gasteiger partial charge in [-0.3, -0.25) is 4.79 Å². The van der Waals surface area contributed by atoms with E-state index in [9.17, 15) is 4.79 Å². The molecule has 0 aliphatic carbocycles. The van der Waals surface area contributed by atoms with Crippen LogP contribution in [0.1, 0.15) is 22.1 Å². The summed E-state index contributed by atoms with van der Waals surface area (Å²) in [6.07, 6.45) is 0. The summed E-state index contributed by atoms with van der Waals surface area (Å²) in [5.74, 6) is 3.21. The van der Waals surface area contributed by atoms with E-state index in [1.54, 1.807) is 13.8 Å². The Balaban J connectivity index is 2.16. The third-order valence-corrected chi connectivity index (χ3v) is 3.35. The average Bonchev–Trinajstić information content (AvgIpc) is 2.58. The summed E-state index contributed by atoms with van der Waals surface area (Å²) in [5.41, 5.74) is 0.472. The fraction of sp³-hybridized carbons (Fsp3) is 0.600. The smallest absolute Gasteiger partial charge is 0.276 e. The predicted octanol–water partition coefficient (Wildman–Crippen LogP) is 1.48. The second kappa shape index (κ2) is 4.26. The summed E-state index contributed by atoms with van der Waals surface area (Å²) < 4.78 is 5.26. The molecule has 2 rings (SSSR count). The molecule has 82 valence electrons. The van der Waals surface area contributed by atoms with Gasteiger partial charge in [0.2, 0.25) is 0 Å². The minimum absolute atomic E-state index is 0.00431. The van der Waals surface area contributed by atoms with Crippen LogP contribution in [0.25, 0.3) is 0 Å². The Morgan fingerprint density at radius 2 is 2.07 bits per heavy atom. The Morgan fingerprint density at radius 3 is 2.60 bits per heavy atom. The number of hydrogen-bond donors (Lipinski definition) is 0. The van der Waals surface area contributed by atoms with Crippen molar-refractivity contribution in [3.63, 3.8) is 0 Å². The van der Waals surface area contributed by atoms with Crippen LogP contribution in [-0.4, -0.2) is 40.4 Å². The van der Waals surface area contributed by atoms with Gasteiger partial charge < -0.3 is 9.32 Å². The van der Waals surface area contributed by atoms with Gasteiger partial charge in [-0.1, -0.05) is 0 Å². The van der Waals surface area contributed by atoms with Crippen molar-refractivity contribution in [2.45, 2.75) is 13.8 Å². The largest absolute Gasteiger partial charge is 0.445 e. The lowest BCUT2D eigenvalue weighted by molar-refractivity contribution is 0.0765. The van der Waals surface area contributed by atoms with Crippen LogP contribution < -0.4 is 0 Å². The molecule has 0 bridgehead atoms. The van der Waals surface area contributed by atoms with E-state index in [0.29, 0.717) is 17.3 Å². The molecule has 0 atom stereocenters. The summed E-state index contributed by atoms with van der Waals surface area (Å²) in [6, 6.07) is 0. The lowest BCUT2D eigenvalue weighted by Crippen LogP contribution is -2.38. The predicted molar refractivity (Wildman–Crippen MR) is 59.2 cm³/mol. The number of rotatable bonds is 1. The summed E-state index contributed by atoms with van der Waals surface area (Å²) in [7, 11) is 0. The van der Waals surface area contributed by atoms with E-state index in [0.717, 1.165) is 24.6 Å². The Kier molecular flexibility index (Phi) is 3.00. The van der Waals surface area contributed by atoms with E-state index in [-0.39, 0.29) is 5.91 Å². The van der Waals surface area contributed by atoms with Crippen molar-refractivity contribution in [1.29, 1.82) is 0 Å². The highest BCUT2D eigenvalue weighted by atomic mass is 32.2. The normalized spacial score (nSPS) is 16.8. The van der Waals surface area contributed by atoms with E-state index >= 15 is 0 Å². The molecule has 4 nitrogen and oxygen atoms in total. The molecule has 5 heteroatoms. The first-order valence-corrected chi connectivity index (χ1v) is 6.15. The molecule has 1 aliphatic rings. The van der Waals surface area contributed by atoms with E-state index in [4.69, 9.17) is 4.42 Å². The second-order valence-electron chi connectivity index (χ2n) is 3.54. The molecule has 0 saturated carbocycles. The number of hydrogen-bond acceptors (Lipinski definition) is 4. The molecular weight excluding hydrogens is 212 g/mol. The first kappa shape index (κ1) is 10.5.